The average Bonchev–Trinajstić information content (AvgIpc) is 3.20. The molecular weight excluding hydrogens is 413 g/mol. The largest absolute Gasteiger partial charge is 0.334 e. The molecule has 0 bridgehead atoms. The van der Waals surface area contributed by atoms with E-state index in [1.54, 1.807) is 0 Å². The van der Waals surface area contributed by atoms with Gasteiger partial charge in [-0.15, -0.1) is 4.43 Å². The van der Waals surface area contributed by atoms with Gasteiger partial charge in [0.1, 0.15) is 0 Å². The summed E-state index contributed by atoms with van der Waals surface area (Å²) >= 11 is 2.95. The normalized spacial score (nSPS) is 13.4. The molecule has 1 nitrogen and oxygen atoms in total. The van der Waals surface area contributed by atoms with E-state index in [0.29, 0.717) is 0 Å². The van der Waals surface area contributed by atoms with Gasteiger partial charge in [-0.3, -0.25) is 0 Å². The van der Waals surface area contributed by atoms with E-state index in [9.17, 15) is 0 Å². The molecule has 0 N–H and O–H groups in total. The lowest BCUT2D eigenvalue weighted by molar-refractivity contribution is 0.262. The number of hydrogen-bond donors (Lipinski definition) is 0. The summed E-state index contributed by atoms with van der Waals surface area (Å²) in [5.41, 5.74) is 6.67. The van der Waals surface area contributed by atoms with Crippen LogP contribution in [0.25, 0.3) is 32.9 Å². The molecule has 4 aromatic carbocycles. The van der Waals surface area contributed by atoms with Gasteiger partial charge in [-0.2, -0.15) is 0 Å². The molecule has 0 aliphatic heterocycles. The Balaban J connectivity index is 1.78. The molecule has 2 heteroatoms. The van der Waals surface area contributed by atoms with Gasteiger partial charge in [-0.05, 0) is 48.6 Å². The van der Waals surface area contributed by atoms with Gasteiger partial charge in [0.15, 0.2) is 16.3 Å². The van der Waals surface area contributed by atoms with E-state index in [0.717, 1.165) is 25.7 Å². The van der Waals surface area contributed by atoms with Crippen molar-refractivity contribution in [2.24, 2.45) is 0 Å². The van der Waals surface area contributed by atoms with Crippen LogP contribution in [0.2, 0.25) is 0 Å². The molecule has 1 atom stereocenters. The second-order valence-corrected chi connectivity index (χ2v) is 9.78. The first-order valence-electron chi connectivity index (χ1n) is 12.1. The number of para-hydroxylation sites is 1. The number of fused-ring (bicyclic) bond motifs is 3. The number of nitrogens with zero attached hydrogens (tertiary/aromatic N) is 1. The summed E-state index contributed by atoms with van der Waals surface area (Å²) in [5.74, 6) is 0. The summed E-state index contributed by atoms with van der Waals surface area (Å²) in [6.07, 6.45) is 4.43. The van der Waals surface area contributed by atoms with Crippen LogP contribution in [0.3, 0.4) is 0 Å². The maximum Gasteiger partial charge on any atom is 0.176 e. The Bertz CT molecular complexity index is 1400. The maximum atomic E-state index is 2.95. The molecule has 2 radical (unpaired) electrons. The van der Waals surface area contributed by atoms with Crippen molar-refractivity contribution in [2.45, 2.75) is 45.1 Å². The third kappa shape index (κ3) is 3.93. The van der Waals surface area contributed by atoms with Gasteiger partial charge in [0.05, 0.1) is 0 Å². The third-order valence-corrected chi connectivity index (χ3v) is 7.77. The summed E-state index contributed by atoms with van der Waals surface area (Å²) in [7, 11) is 0. The minimum absolute atomic E-state index is 0.0248. The van der Waals surface area contributed by atoms with Crippen molar-refractivity contribution in [3.05, 3.63) is 103 Å². The quantitative estimate of drug-likeness (QED) is 0.231. The summed E-state index contributed by atoms with van der Waals surface area (Å²) in [5, 5.41) is 2.69. The Morgan fingerprint density at radius 3 is 2.15 bits per heavy atom. The molecule has 33 heavy (non-hydrogen) atoms. The van der Waals surface area contributed by atoms with E-state index in [1.165, 1.54) is 42.9 Å². The van der Waals surface area contributed by atoms with Crippen molar-refractivity contribution in [3.63, 3.8) is 0 Å². The number of benzene rings is 4. The molecule has 162 valence electrons. The second kappa shape index (κ2) is 9.22. The Morgan fingerprint density at radius 1 is 0.697 bits per heavy atom. The van der Waals surface area contributed by atoms with E-state index in [-0.39, 0.29) is 5.54 Å². The van der Waals surface area contributed by atoms with Crippen molar-refractivity contribution in [1.82, 2.24) is 4.57 Å². The van der Waals surface area contributed by atoms with Crippen LogP contribution in [0.5, 0.6) is 0 Å². The van der Waals surface area contributed by atoms with Crippen LogP contribution < -0.4 is 4.43 Å². The lowest BCUT2D eigenvalue weighted by atomic mass is 9.83. The number of hydrogen-bond acceptors (Lipinski definition) is 0. The van der Waals surface area contributed by atoms with Crippen LogP contribution in [0.4, 0.5) is 0 Å². The highest BCUT2D eigenvalue weighted by Crippen LogP contribution is 2.41. The highest BCUT2D eigenvalue weighted by atomic mass is 27.0. The lowest BCUT2D eigenvalue weighted by Crippen LogP contribution is -2.37. The molecule has 0 spiro atoms. The minimum Gasteiger partial charge on any atom is -0.334 e. The number of rotatable bonds is 7. The molecule has 5 rings (SSSR count). The first kappa shape index (κ1) is 22.0. The lowest BCUT2D eigenvalue weighted by Gasteiger charge is -2.37. The summed E-state index contributed by atoms with van der Waals surface area (Å²) in [6.45, 7) is 4.68. The van der Waals surface area contributed by atoms with Gasteiger partial charge in [-0.25, -0.2) is 0 Å². The fraction of sp³-hybridized carbons (Fsp3) is 0.226. The van der Waals surface area contributed by atoms with E-state index >= 15 is 0 Å². The zero-order valence-electron chi connectivity index (χ0n) is 19.6. The van der Waals surface area contributed by atoms with Crippen molar-refractivity contribution in [3.8, 4) is 11.1 Å². The van der Waals surface area contributed by atoms with Crippen LogP contribution in [0.1, 0.15) is 38.7 Å². The monoisotopic (exact) mass is 443 g/mol. The highest BCUT2D eigenvalue weighted by Gasteiger charge is 2.33. The molecular formula is C31H30AlN. The molecule has 0 aliphatic carbocycles. The van der Waals surface area contributed by atoms with Gasteiger partial charge >= 0.3 is 0 Å². The minimum atomic E-state index is 0.0248. The van der Waals surface area contributed by atoms with E-state index < -0.39 is 0 Å². The van der Waals surface area contributed by atoms with Crippen LogP contribution in [-0.2, 0) is 12.0 Å². The maximum absolute atomic E-state index is 2.95. The Kier molecular flexibility index (Phi) is 6.16. The second-order valence-electron chi connectivity index (χ2n) is 9.15. The van der Waals surface area contributed by atoms with Crippen LogP contribution in [-0.4, -0.2) is 20.9 Å². The SMILES string of the molecule is CCCC(CC)(Cc1cccc[c]1[Al])n1c2ccccc2c2cc(-c3ccccc3)ccc21. The molecule has 0 fully saturated rings. The summed E-state index contributed by atoms with van der Waals surface area (Å²) < 4.78 is 3.98. The highest BCUT2D eigenvalue weighted by molar-refractivity contribution is 6.33. The van der Waals surface area contributed by atoms with Crippen molar-refractivity contribution >= 4 is 42.5 Å². The van der Waals surface area contributed by atoms with E-state index in [2.05, 4.69) is 132 Å². The fourth-order valence-corrected chi connectivity index (χ4v) is 5.86. The first-order chi connectivity index (χ1) is 16.2. The predicted octanol–water partition coefficient (Wildman–Crippen LogP) is 7.40. The summed E-state index contributed by atoms with van der Waals surface area (Å²) in [4.78, 5) is 0. The van der Waals surface area contributed by atoms with Gasteiger partial charge in [0, 0.05) is 27.3 Å². The molecule has 0 saturated carbocycles. The standard InChI is InChI=1S/C31H30N.Al/c1-3-21-31(4-2,23-24-13-7-5-8-14-24)32-29-18-12-11-17-27(29)28-22-26(19-20-30(28)32)25-15-9-6-10-16-25;/h5-13,15-20,22H,3-4,21,23H2,1-2H3;. The molecule has 1 aromatic heterocycles. The Morgan fingerprint density at radius 2 is 1.39 bits per heavy atom. The van der Waals surface area contributed by atoms with Crippen molar-refractivity contribution in [2.75, 3.05) is 0 Å². The van der Waals surface area contributed by atoms with Gasteiger partial charge < -0.3 is 4.57 Å². The average molecular weight is 444 g/mol. The molecule has 1 unspecified atom stereocenters. The number of aromatic nitrogens is 1. The zero-order valence-corrected chi connectivity index (χ0v) is 20.7. The Hall–Kier alpha value is -2.79. The smallest absolute Gasteiger partial charge is 0.176 e. The molecule has 1 heterocycles. The van der Waals surface area contributed by atoms with Crippen LogP contribution in [0, 0.1) is 0 Å². The van der Waals surface area contributed by atoms with Gasteiger partial charge in [0.2, 0.25) is 0 Å². The molecule has 5 aromatic rings. The van der Waals surface area contributed by atoms with E-state index in [4.69, 9.17) is 0 Å². The van der Waals surface area contributed by atoms with E-state index in [1.807, 2.05) is 0 Å². The topological polar surface area (TPSA) is 4.93 Å². The molecule has 0 amide bonds. The third-order valence-electron chi connectivity index (χ3n) is 7.20. The Labute approximate surface area is 205 Å². The molecule has 0 saturated heterocycles. The fourth-order valence-electron chi connectivity index (χ4n) is 5.55. The van der Waals surface area contributed by atoms with Crippen LogP contribution in [0.15, 0.2) is 97.1 Å². The summed E-state index contributed by atoms with van der Waals surface area (Å²) in [6, 6.07) is 35.5. The van der Waals surface area contributed by atoms with Gasteiger partial charge in [-0.1, -0.05) is 105 Å². The van der Waals surface area contributed by atoms with Crippen LogP contribution >= 0.6 is 0 Å². The zero-order chi connectivity index (χ0) is 22.8. The van der Waals surface area contributed by atoms with Crippen molar-refractivity contribution < 1.29 is 0 Å². The van der Waals surface area contributed by atoms with Crippen molar-refractivity contribution in [1.29, 1.82) is 0 Å². The predicted molar refractivity (Wildman–Crippen MR) is 144 cm³/mol. The molecule has 0 aliphatic rings. The first-order valence-corrected chi connectivity index (χ1v) is 12.7. The van der Waals surface area contributed by atoms with Gasteiger partial charge in [0.25, 0.3) is 0 Å².